The molecule has 1 heterocycles. The summed E-state index contributed by atoms with van der Waals surface area (Å²) in [5.41, 5.74) is 5.69. The van der Waals surface area contributed by atoms with Crippen molar-refractivity contribution in [3.63, 3.8) is 0 Å². The van der Waals surface area contributed by atoms with Crippen LogP contribution in [0.1, 0.15) is 0 Å². The molecule has 0 radical (unpaired) electrons. The number of hydrogen-bond acceptors (Lipinski definition) is 5. The highest BCUT2D eigenvalue weighted by Crippen LogP contribution is 2.30. The molecule has 6 nitrogen and oxygen atoms in total. The number of nitrogens with zero attached hydrogens (tertiary/aromatic N) is 2. The zero-order chi connectivity index (χ0) is 11.7. The van der Waals surface area contributed by atoms with Crippen LogP contribution in [0.4, 0.5) is 11.5 Å². The topological polar surface area (TPSA) is 95.2 Å². The first-order valence-electron chi connectivity index (χ1n) is 4.24. The van der Waals surface area contributed by atoms with Crippen LogP contribution in [0.15, 0.2) is 28.8 Å². The minimum atomic E-state index is -0.564. The van der Waals surface area contributed by atoms with E-state index in [2.05, 4.69) is 5.16 Å². The number of hydrogen-bond donors (Lipinski definition) is 1. The summed E-state index contributed by atoms with van der Waals surface area (Å²) >= 11 is 5.67. The zero-order valence-corrected chi connectivity index (χ0v) is 8.64. The summed E-state index contributed by atoms with van der Waals surface area (Å²) < 4.78 is 4.88. The third-order valence-corrected chi connectivity index (χ3v) is 2.28. The second-order valence-corrected chi connectivity index (χ2v) is 3.45. The molecular formula is C9H6ClN3O3. The van der Waals surface area contributed by atoms with E-state index in [0.717, 1.165) is 0 Å². The van der Waals surface area contributed by atoms with Crippen molar-refractivity contribution in [2.75, 3.05) is 5.73 Å². The lowest BCUT2D eigenvalue weighted by molar-refractivity contribution is -0.384. The van der Waals surface area contributed by atoms with E-state index in [4.69, 9.17) is 21.9 Å². The van der Waals surface area contributed by atoms with Gasteiger partial charge in [0.05, 0.1) is 4.92 Å². The first-order chi connectivity index (χ1) is 7.58. The van der Waals surface area contributed by atoms with Gasteiger partial charge >= 0.3 is 0 Å². The third kappa shape index (κ3) is 1.82. The van der Waals surface area contributed by atoms with Crippen LogP contribution < -0.4 is 5.73 Å². The molecule has 0 aliphatic heterocycles. The molecule has 0 amide bonds. The normalized spacial score (nSPS) is 10.3. The Labute approximate surface area is 94.7 Å². The van der Waals surface area contributed by atoms with Crippen molar-refractivity contribution in [3.05, 3.63) is 39.4 Å². The number of rotatable bonds is 2. The molecule has 0 unspecified atom stereocenters. The van der Waals surface area contributed by atoms with Crippen molar-refractivity contribution in [1.82, 2.24) is 5.16 Å². The maximum absolute atomic E-state index is 10.7. The van der Waals surface area contributed by atoms with E-state index in [0.29, 0.717) is 11.3 Å². The van der Waals surface area contributed by atoms with Crippen LogP contribution in [0, 0.1) is 10.1 Å². The molecule has 0 aliphatic carbocycles. The van der Waals surface area contributed by atoms with Gasteiger partial charge in [0.1, 0.15) is 5.02 Å². The molecule has 0 fully saturated rings. The molecule has 0 aliphatic rings. The fourth-order valence-electron chi connectivity index (χ4n) is 1.23. The smallest absolute Gasteiger partial charge is 0.288 e. The van der Waals surface area contributed by atoms with Crippen molar-refractivity contribution in [2.45, 2.75) is 0 Å². The first-order valence-corrected chi connectivity index (χ1v) is 4.62. The summed E-state index contributed by atoms with van der Waals surface area (Å²) in [6.07, 6.45) is 0. The Morgan fingerprint density at radius 1 is 1.44 bits per heavy atom. The second kappa shape index (κ2) is 3.82. The predicted molar refractivity (Wildman–Crippen MR) is 58.0 cm³/mol. The number of benzene rings is 1. The van der Waals surface area contributed by atoms with Gasteiger partial charge in [-0.1, -0.05) is 16.8 Å². The maximum Gasteiger partial charge on any atom is 0.288 e. The minimum absolute atomic E-state index is 0.0706. The van der Waals surface area contributed by atoms with Gasteiger partial charge in [0, 0.05) is 17.7 Å². The zero-order valence-electron chi connectivity index (χ0n) is 7.88. The third-order valence-electron chi connectivity index (χ3n) is 1.96. The van der Waals surface area contributed by atoms with Crippen LogP contribution in [0.5, 0.6) is 0 Å². The first kappa shape index (κ1) is 10.4. The highest BCUT2D eigenvalue weighted by Gasteiger charge is 2.15. The van der Waals surface area contributed by atoms with Gasteiger partial charge in [-0.15, -0.1) is 0 Å². The monoisotopic (exact) mass is 239 g/mol. The van der Waals surface area contributed by atoms with E-state index < -0.39 is 4.92 Å². The molecule has 2 rings (SSSR count). The number of nitro groups is 1. The van der Waals surface area contributed by atoms with Crippen LogP contribution in [-0.2, 0) is 0 Å². The molecule has 2 aromatic rings. The van der Waals surface area contributed by atoms with Crippen molar-refractivity contribution >= 4 is 23.1 Å². The van der Waals surface area contributed by atoms with Gasteiger partial charge in [-0.2, -0.15) is 0 Å². The largest absolute Gasteiger partial charge is 0.381 e. The molecular weight excluding hydrogens is 234 g/mol. The van der Waals surface area contributed by atoms with Crippen LogP contribution >= 0.6 is 11.6 Å². The Balaban J connectivity index is 2.51. The van der Waals surface area contributed by atoms with E-state index >= 15 is 0 Å². The van der Waals surface area contributed by atoms with Crippen molar-refractivity contribution in [3.8, 4) is 11.3 Å². The number of aromatic nitrogens is 1. The number of nitrogen functional groups attached to an aromatic ring is 1. The molecule has 1 aromatic heterocycles. The van der Waals surface area contributed by atoms with Crippen molar-refractivity contribution in [2.24, 2.45) is 0 Å². The lowest BCUT2D eigenvalue weighted by Crippen LogP contribution is -1.89. The molecule has 1 aromatic carbocycles. The van der Waals surface area contributed by atoms with Crippen molar-refractivity contribution in [1.29, 1.82) is 0 Å². The Morgan fingerprint density at radius 2 is 2.19 bits per heavy atom. The van der Waals surface area contributed by atoms with Crippen LogP contribution in [0.3, 0.4) is 0 Å². The number of nitrogens with two attached hydrogens (primary N) is 1. The van der Waals surface area contributed by atoms with Gasteiger partial charge in [-0.05, 0) is 12.1 Å². The average molecular weight is 240 g/mol. The summed E-state index contributed by atoms with van der Waals surface area (Å²) in [4.78, 5) is 10.1. The summed E-state index contributed by atoms with van der Waals surface area (Å²) in [5.74, 6) is 0.574. The lowest BCUT2D eigenvalue weighted by atomic mass is 10.1. The second-order valence-electron chi connectivity index (χ2n) is 3.04. The molecule has 2 N–H and O–H groups in total. The van der Waals surface area contributed by atoms with Crippen LogP contribution in [-0.4, -0.2) is 10.1 Å². The molecule has 7 heteroatoms. The highest BCUT2D eigenvalue weighted by molar-refractivity contribution is 6.32. The molecule has 0 bridgehead atoms. The van der Waals surface area contributed by atoms with Crippen molar-refractivity contribution < 1.29 is 9.45 Å². The van der Waals surface area contributed by atoms with E-state index in [9.17, 15) is 10.1 Å². The van der Waals surface area contributed by atoms with Gasteiger partial charge in [-0.3, -0.25) is 10.1 Å². The molecule has 0 spiro atoms. The fourth-order valence-corrected chi connectivity index (χ4v) is 1.42. The van der Waals surface area contributed by atoms with E-state index in [1.165, 1.54) is 18.2 Å². The summed E-state index contributed by atoms with van der Waals surface area (Å²) in [6.45, 7) is 0. The molecule has 0 atom stereocenters. The van der Waals surface area contributed by atoms with Gasteiger partial charge < -0.3 is 10.3 Å². The standard InChI is InChI=1S/C9H6ClN3O3/c10-6-2-1-5(3-7(6)13(14)15)8-4-9(11)12-16-8/h1-4H,(H2,11,12). The Kier molecular flexibility index (Phi) is 2.49. The van der Waals surface area contributed by atoms with E-state index in [-0.39, 0.29) is 16.5 Å². The van der Waals surface area contributed by atoms with Gasteiger partial charge in [0.15, 0.2) is 11.6 Å². The van der Waals surface area contributed by atoms with Gasteiger partial charge in [0.2, 0.25) is 0 Å². The maximum atomic E-state index is 10.7. The predicted octanol–water partition coefficient (Wildman–Crippen LogP) is 2.49. The summed E-state index contributed by atoms with van der Waals surface area (Å²) in [6, 6.07) is 5.80. The Morgan fingerprint density at radius 3 is 2.75 bits per heavy atom. The fraction of sp³-hybridized carbons (Fsp3) is 0. The number of halogens is 1. The Hall–Kier alpha value is -2.08. The molecule has 0 saturated carbocycles. The molecule has 82 valence electrons. The Bertz CT molecular complexity index is 553. The van der Waals surface area contributed by atoms with Gasteiger partial charge in [-0.25, -0.2) is 0 Å². The molecule has 16 heavy (non-hydrogen) atoms. The minimum Gasteiger partial charge on any atom is -0.381 e. The van der Waals surface area contributed by atoms with Gasteiger partial charge in [0.25, 0.3) is 5.69 Å². The summed E-state index contributed by atoms with van der Waals surface area (Å²) in [5, 5.41) is 14.2. The van der Waals surface area contributed by atoms with Crippen LogP contribution in [0.2, 0.25) is 5.02 Å². The van der Waals surface area contributed by atoms with Crippen LogP contribution in [0.25, 0.3) is 11.3 Å². The quantitative estimate of drug-likeness (QED) is 0.642. The number of anilines is 1. The average Bonchev–Trinajstić information content (AvgIpc) is 2.65. The molecule has 0 saturated heterocycles. The van der Waals surface area contributed by atoms with E-state index in [1.54, 1.807) is 6.07 Å². The van der Waals surface area contributed by atoms with E-state index in [1.807, 2.05) is 0 Å². The highest BCUT2D eigenvalue weighted by atomic mass is 35.5. The number of nitro benzene ring substituents is 1. The SMILES string of the molecule is Nc1cc(-c2ccc(Cl)c([N+](=O)[O-])c2)on1. The lowest BCUT2D eigenvalue weighted by Gasteiger charge is -1.97. The summed E-state index contributed by atoms with van der Waals surface area (Å²) in [7, 11) is 0.